The van der Waals surface area contributed by atoms with Gasteiger partial charge in [-0.1, -0.05) is 6.07 Å². The summed E-state index contributed by atoms with van der Waals surface area (Å²) in [5, 5.41) is 16.9. The first kappa shape index (κ1) is 16.6. The fraction of sp³-hybridized carbons (Fsp3) is 0.312. The summed E-state index contributed by atoms with van der Waals surface area (Å²) in [5.41, 5.74) is 3.96. The fourth-order valence-corrected chi connectivity index (χ4v) is 2.63. The van der Waals surface area contributed by atoms with Crippen molar-refractivity contribution < 1.29 is 14.2 Å². The number of rotatable bonds is 4. The molecule has 3 rings (SSSR count). The SMILES string of the molecule is CCn1nc(C)c(CNC(=O)C(=O)Nc2cccc3nonc23)c1C. The molecule has 0 atom stereocenters. The smallest absolute Gasteiger partial charge is 0.313 e. The average molecular weight is 342 g/mol. The van der Waals surface area contributed by atoms with E-state index in [1.54, 1.807) is 18.2 Å². The highest BCUT2D eigenvalue weighted by atomic mass is 16.6. The molecule has 9 nitrogen and oxygen atoms in total. The van der Waals surface area contributed by atoms with Crippen molar-refractivity contribution in [3.8, 4) is 0 Å². The Hall–Kier alpha value is -3.23. The van der Waals surface area contributed by atoms with Crippen LogP contribution in [0.5, 0.6) is 0 Å². The second-order valence-corrected chi connectivity index (χ2v) is 5.54. The molecule has 0 radical (unpaired) electrons. The molecule has 0 spiro atoms. The van der Waals surface area contributed by atoms with Crippen molar-refractivity contribution in [1.82, 2.24) is 25.4 Å². The molecule has 0 unspecified atom stereocenters. The van der Waals surface area contributed by atoms with E-state index in [9.17, 15) is 9.59 Å². The van der Waals surface area contributed by atoms with Crippen LogP contribution in [0.1, 0.15) is 23.9 Å². The molecule has 1 aromatic carbocycles. The maximum absolute atomic E-state index is 12.1. The van der Waals surface area contributed by atoms with Crippen LogP contribution in [-0.2, 0) is 22.7 Å². The molecule has 2 N–H and O–H groups in total. The van der Waals surface area contributed by atoms with E-state index in [2.05, 4.69) is 30.7 Å². The highest BCUT2D eigenvalue weighted by Gasteiger charge is 2.18. The molecule has 0 aliphatic carbocycles. The number of benzene rings is 1. The molecule has 9 heteroatoms. The minimum atomic E-state index is -0.784. The summed E-state index contributed by atoms with van der Waals surface area (Å²) in [7, 11) is 0. The van der Waals surface area contributed by atoms with Crippen LogP contribution in [0.4, 0.5) is 5.69 Å². The third kappa shape index (κ3) is 3.21. The Morgan fingerprint density at radius 2 is 2.00 bits per heavy atom. The number of nitrogens with one attached hydrogen (secondary N) is 2. The van der Waals surface area contributed by atoms with Crippen LogP contribution in [0.25, 0.3) is 11.0 Å². The molecule has 0 saturated heterocycles. The number of amides is 2. The molecule has 2 aromatic heterocycles. The molecule has 130 valence electrons. The van der Waals surface area contributed by atoms with Crippen molar-refractivity contribution in [2.45, 2.75) is 33.9 Å². The topological polar surface area (TPSA) is 115 Å². The Morgan fingerprint density at radius 3 is 2.72 bits per heavy atom. The molecule has 2 heterocycles. The maximum Gasteiger partial charge on any atom is 0.313 e. The summed E-state index contributed by atoms with van der Waals surface area (Å²) in [6.07, 6.45) is 0. The van der Waals surface area contributed by atoms with Crippen molar-refractivity contribution >= 4 is 28.5 Å². The summed E-state index contributed by atoms with van der Waals surface area (Å²) < 4.78 is 6.49. The molecule has 0 aliphatic heterocycles. The first-order valence-corrected chi connectivity index (χ1v) is 7.84. The quantitative estimate of drug-likeness (QED) is 0.691. The van der Waals surface area contributed by atoms with Gasteiger partial charge in [-0.25, -0.2) is 4.63 Å². The number of carbonyl (C=O) groups excluding carboxylic acids is 2. The lowest BCUT2D eigenvalue weighted by molar-refractivity contribution is -0.136. The van der Waals surface area contributed by atoms with Gasteiger partial charge < -0.3 is 10.6 Å². The fourth-order valence-electron chi connectivity index (χ4n) is 2.63. The number of anilines is 1. The van der Waals surface area contributed by atoms with Crippen LogP contribution in [0.2, 0.25) is 0 Å². The summed E-state index contributed by atoms with van der Waals surface area (Å²) >= 11 is 0. The Balaban J connectivity index is 1.66. The van der Waals surface area contributed by atoms with Crippen molar-refractivity contribution in [2.75, 3.05) is 5.32 Å². The van der Waals surface area contributed by atoms with Gasteiger partial charge in [0.25, 0.3) is 0 Å². The van der Waals surface area contributed by atoms with Gasteiger partial charge in [-0.3, -0.25) is 14.3 Å². The van der Waals surface area contributed by atoms with Gasteiger partial charge in [-0.15, -0.1) is 0 Å². The minimum absolute atomic E-state index is 0.236. The van der Waals surface area contributed by atoms with Crippen LogP contribution >= 0.6 is 0 Å². The van der Waals surface area contributed by atoms with Gasteiger partial charge >= 0.3 is 11.8 Å². The monoisotopic (exact) mass is 342 g/mol. The highest BCUT2D eigenvalue weighted by Crippen LogP contribution is 2.19. The zero-order valence-electron chi connectivity index (χ0n) is 14.2. The second-order valence-electron chi connectivity index (χ2n) is 5.54. The molecule has 25 heavy (non-hydrogen) atoms. The van der Waals surface area contributed by atoms with E-state index in [4.69, 9.17) is 0 Å². The van der Waals surface area contributed by atoms with E-state index in [-0.39, 0.29) is 6.54 Å². The van der Waals surface area contributed by atoms with Crippen molar-refractivity contribution in [2.24, 2.45) is 0 Å². The molecule has 0 aliphatic rings. The van der Waals surface area contributed by atoms with Crippen LogP contribution in [-0.4, -0.2) is 31.9 Å². The largest absolute Gasteiger partial charge is 0.344 e. The summed E-state index contributed by atoms with van der Waals surface area (Å²) in [6, 6.07) is 5.00. The molecule has 3 aromatic rings. The number of hydrogen-bond acceptors (Lipinski definition) is 6. The van der Waals surface area contributed by atoms with Crippen LogP contribution in [0.15, 0.2) is 22.8 Å². The van der Waals surface area contributed by atoms with Gasteiger partial charge in [-0.05, 0) is 43.2 Å². The third-order valence-corrected chi connectivity index (χ3v) is 4.00. The third-order valence-electron chi connectivity index (χ3n) is 4.00. The van der Waals surface area contributed by atoms with E-state index in [1.165, 1.54) is 0 Å². The number of aryl methyl sites for hydroxylation is 2. The Morgan fingerprint density at radius 1 is 1.20 bits per heavy atom. The molecule has 0 fully saturated rings. The zero-order valence-corrected chi connectivity index (χ0v) is 14.2. The predicted octanol–water partition coefficient (Wildman–Crippen LogP) is 1.31. The number of hydrogen-bond donors (Lipinski definition) is 2. The zero-order chi connectivity index (χ0) is 18.0. The molecule has 0 bridgehead atoms. The lowest BCUT2D eigenvalue weighted by Gasteiger charge is -2.07. The molecule has 0 saturated carbocycles. The van der Waals surface area contributed by atoms with E-state index in [1.807, 2.05) is 25.5 Å². The van der Waals surface area contributed by atoms with Crippen LogP contribution < -0.4 is 10.6 Å². The minimum Gasteiger partial charge on any atom is -0.344 e. The van der Waals surface area contributed by atoms with Gasteiger partial charge in [0.1, 0.15) is 5.52 Å². The Bertz CT molecular complexity index is 943. The average Bonchev–Trinajstić information content (AvgIpc) is 3.18. The van der Waals surface area contributed by atoms with E-state index in [0.29, 0.717) is 16.7 Å². The maximum atomic E-state index is 12.1. The number of aromatic nitrogens is 4. The standard InChI is InChI=1S/C16H18N6O3/c1-4-22-10(3)11(9(2)19-22)8-17-15(23)16(24)18-12-6-5-7-13-14(12)21-25-20-13/h5-7H,4,8H2,1-3H3,(H,17,23)(H,18,24). The molecule has 2 amide bonds. The van der Waals surface area contributed by atoms with Crippen LogP contribution in [0, 0.1) is 13.8 Å². The summed E-state index contributed by atoms with van der Waals surface area (Å²) in [4.78, 5) is 24.2. The van der Waals surface area contributed by atoms with Gasteiger partial charge in [0.05, 0.1) is 11.4 Å². The van der Waals surface area contributed by atoms with Gasteiger partial charge in [0.15, 0.2) is 5.52 Å². The normalized spacial score (nSPS) is 10.8. The van der Waals surface area contributed by atoms with Crippen molar-refractivity contribution in [3.63, 3.8) is 0 Å². The van der Waals surface area contributed by atoms with E-state index < -0.39 is 11.8 Å². The first-order valence-electron chi connectivity index (χ1n) is 7.84. The lowest BCUT2D eigenvalue weighted by atomic mass is 10.2. The number of nitrogens with zero attached hydrogens (tertiary/aromatic N) is 4. The first-order chi connectivity index (χ1) is 12.0. The molecular weight excluding hydrogens is 324 g/mol. The highest BCUT2D eigenvalue weighted by molar-refractivity contribution is 6.40. The predicted molar refractivity (Wildman–Crippen MR) is 89.7 cm³/mol. The summed E-state index contributed by atoms with van der Waals surface area (Å²) in [6.45, 7) is 6.79. The number of fused-ring (bicyclic) bond motifs is 1. The van der Waals surface area contributed by atoms with Gasteiger partial charge in [0, 0.05) is 24.3 Å². The summed E-state index contributed by atoms with van der Waals surface area (Å²) in [5.74, 6) is -1.52. The van der Waals surface area contributed by atoms with Crippen molar-refractivity contribution in [3.05, 3.63) is 35.2 Å². The van der Waals surface area contributed by atoms with E-state index >= 15 is 0 Å². The van der Waals surface area contributed by atoms with E-state index in [0.717, 1.165) is 23.5 Å². The van der Waals surface area contributed by atoms with Crippen molar-refractivity contribution in [1.29, 1.82) is 0 Å². The Labute approximate surface area is 143 Å². The van der Waals surface area contributed by atoms with Gasteiger partial charge in [-0.2, -0.15) is 5.10 Å². The number of carbonyl (C=O) groups is 2. The van der Waals surface area contributed by atoms with Crippen LogP contribution in [0.3, 0.4) is 0 Å². The van der Waals surface area contributed by atoms with Gasteiger partial charge in [0.2, 0.25) is 0 Å². The molecular formula is C16H18N6O3. The lowest BCUT2D eigenvalue weighted by Crippen LogP contribution is -2.35. The Kier molecular flexibility index (Phi) is 4.46. The second kappa shape index (κ2) is 6.71.